The van der Waals surface area contributed by atoms with Crippen molar-refractivity contribution < 1.29 is 14.3 Å². The standard InChI is InChI=1S/C17H16Cl2N4O3/c18-13-4-1-3-12(15(13)19)16(25)26-11-14(24)22-7-9-23(10-8-22)17-20-5-2-6-21-17/h1-6H,7-11H2. The Morgan fingerprint density at radius 2 is 1.73 bits per heavy atom. The third-order valence-electron chi connectivity index (χ3n) is 3.97. The molecule has 2 aromatic rings. The van der Waals surface area contributed by atoms with Crippen molar-refractivity contribution in [1.29, 1.82) is 0 Å². The van der Waals surface area contributed by atoms with Crippen LogP contribution in [0.25, 0.3) is 0 Å². The van der Waals surface area contributed by atoms with E-state index in [1.54, 1.807) is 35.5 Å². The molecule has 7 nitrogen and oxygen atoms in total. The summed E-state index contributed by atoms with van der Waals surface area (Å²) in [4.78, 5) is 36.4. The van der Waals surface area contributed by atoms with E-state index in [2.05, 4.69) is 9.97 Å². The molecule has 9 heteroatoms. The zero-order valence-corrected chi connectivity index (χ0v) is 15.3. The zero-order valence-electron chi connectivity index (χ0n) is 13.8. The van der Waals surface area contributed by atoms with E-state index in [0.29, 0.717) is 32.1 Å². The number of anilines is 1. The van der Waals surface area contributed by atoms with Gasteiger partial charge < -0.3 is 14.5 Å². The molecule has 1 aromatic heterocycles. The van der Waals surface area contributed by atoms with Crippen LogP contribution >= 0.6 is 23.2 Å². The Hall–Kier alpha value is -2.38. The predicted molar refractivity (Wildman–Crippen MR) is 97.6 cm³/mol. The predicted octanol–water partition coefficient (Wildman–Crippen LogP) is 2.29. The second-order valence-electron chi connectivity index (χ2n) is 5.59. The van der Waals surface area contributed by atoms with Crippen molar-refractivity contribution in [3.8, 4) is 0 Å². The maximum Gasteiger partial charge on any atom is 0.340 e. The van der Waals surface area contributed by atoms with Gasteiger partial charge in [0.1, 0.15) is 0 Å². The number of halogens is 2. The van der Waals surface area contributed by atoms with Gasteiger partial charge in [-0.2, -0.15) is 0 Å². The van der Waals surface area contributed by atoms with Gasteiger partial charge in [-0.15, -0.1) is 0 Å². The average molecular weight is 395 g/mol. The first-order chi connectivity index (χ1) is 12.6. The quantitative estimate of drug-likeness (QED) is 0.740. The van der Waals surface area contributed by atoms with Gasteiger partial charge in [0.25, 0.3) is 5.91 Å². The molecule has 0 radical (unpaired) electrons. The lowest BCUT2D eigenvalue weighted by atomic mass is 10.2. The molecule has 3 rings (SSSR count). The van der Waals surface area contributed by atoms with Crippen LogP contribution in [-0.4, -0.2) is 59.5 Å². The molecule has 0 unspecified atom stereocenters. The fourth-order valence-corrected chi connectivity index (χ4v) is 2.95. The van der Waals surface area contributed by atoms with Crippen molar-refractivity contribution in [3.63, 3.8) is 0 Å². The molecule has 136 valence electrons. The van der Waals surface area contributed by atoms with Gasteiger partial charge in [-0.3, -0.25) is 4.79 Å². The number of ether oxygens (including phenoxy) is 1. The van der Waals surface area contributed by atoms with Crippen LogP contribution in [0.2, 0.25) is 10.0 Å². The molecule has 0 saturated carbocycles. The number of hydrogen-bond donors (Lipinski definition) is 0. The maximum absolute atomic E-state index is 12.3. The highest BCUT2D eigenvalue weighted by molar-refractivity contribution is 6.43. The SMILES string of the molecule is O=C(OCC(=O)N1CCN(c2ncccn2)CC1)c1cccc(Cl)c1Cl. The van der Waals surface area contributed by atoms with Crippen LogP contribution in [0.3, 0.4) is 0 Å². The maximum atomic E-state index is 12.3. The Balaban J connectivity index is 1.50. The molecular weight excluding hydrogens is 379 g/mol. The third kappa shape index (κ3) is 4.23. The van der Waals surface area contributed by atoms with Crippen LogP contribution in [0.15, 0.2) is 36.7 Å². The number of nitrogens with zero attached hydrogens (tertiary/aromatic N) is 4. The van der Waals surface area contributed by atoms with E-state index in [9.17, 15) is 9.59 Å². The summed E-state index contributed by atoms with van der Waals surface area (Å²) >= 11 is 11.9. The largest absolute Gasteiger partial charge is 0.452 e. The number of hydrogen-bond acceptors (Lipinski definition) is 6. The molecule has 0 spiro atoms. The van der Waals surface area contributed by atoms with E-state index in [1.165, 1.54) is 6.07 Å². The molecule has 1 aliphatic heterocycles. The van der Waals surface area contributed by atoms with Gasteiger partial charge in [0.15, 0.2) is 6.61 Å². The Kier molecular flexibility index (Phi) is 5.90. The van der Waals surface area contributed by atoms with Gasteiger partial charge in [-0.1, -0.05) is 29.3 Å². The fourth-order valence-electron chi connectivity index (χ4n) is 2.57. The summed E-state index contributed by atoms with van der Waals surface area (Å²) in [5.74, 6) is -0.297. The summed E-state index contributed by atoms with van der Waals surface area (Å²) in [6.45, 7) is 1.90. The van der Waals surface area contributed by atoms with Gasteiger partial charge in [0.2, 0.25) is 5.95 Å². The van der Waals surface area contributed by atoms with Crippen molar-refractivity contribution in [2.24, 2.45) is 0 Å². The van der Waals surface area contributed by atoms with Crippen molar-refractivity contribution in [3.05, 3.63) is 52.3 Å². The highest BCUT2D eigenvalue weighted by Crippen LogP contribution is 2.26. The molecule has 26 heavy (non-hydrogen) atoms. The summed E-state index contributed by atoms with van der Waals surface area (Å²) in [5.41, 5.74) is 0.137. The van der Waals surface area contributed by atoms with Gasteiger partial charge in [-0.05, 0) is 18.2 Å². The Labute approximate surface area is 160 Å². The molecule has 1 fully saturated rings. The lowest BCUT2D eigenvalue weighted by molar-refractivity contribution is -0.134. The Morgan fingerprint density at radius 3 is 2.42 bits per heavy atom. The summed E-state index contributed by atoms with van der Waals surface area (Å²) in [5, 5.41) is 0.370. The van der Waals surface area contributed by atoms with Crippen LogP contribution < -0.4 is 4.90 Å². The number of carbonyl (C=O) groups is 2. The van der Waals surface area contributed by atoms with E-state index in [-0.39, 0.29) is 28.1 Å². The van der Waals surface area contributed by atoms with Crippen LogP contribution in [0.4, 0.5) is 5.95 Å². The number of esters is 1. The lowest BCUT2D eigenvalue weighted by Gasteiger charge is -2.34. The number of carbonyl (C=O) groups excluding carboxylic acids is 2. The van der Waals surface area contributed by atoms with E-state index < -0.39 is 5.97 Å². The molecule has 1 aromatic carbocycles. The van der Waals surface area contributed by atoms with Crippen molar-refractivity contribution in [2.45, 2.75) is 0 Å². The van der Waals surface area contributed by atoms with Crippen molar-refractivity contribution in [1.82, 2.24) is 14.9 Å². The zero-order chi connectivity index (χ0) is 18.5. The second-order valence-corrected chi connectivity index (χ2v) is 6.38. The first-order valence-corrected chi connectivity index (χ1v) is 8.72. The van der Waals surface area contributed by atoms with Crippen molar-refractivity contribution in [2.75, 3.05) is 37.7 Å². The molecule has 0 bridgehead atoms. The molecule has 0 aliphatic carbocycles. The van der Waals surface area contributed by atoms with Crippen LogP contribution in [0.1, 0.15) is 10.4 Å². The smallest absolute Gasteiger partial charge is 0.340 e. The molecule has 0 N–H and O–H groups in total. The Morgan fingerprint density at radius 1 is 1.04 bits per heavy atom. The minimum Gasteiger partial charge on any atom is -0.452 e. The summed E-state index contributed by atoms with van der Waals surface area (Å²) < 4.78 is 5.08. The van der Waals surface area contributed by atoms with Gasteiger partial charge in [-0.25, -0.2) is 14.8 Å². The average Bonchev–Trinajstić information content (AvgIpc) is 2.69. The van der Waals surface area contributed by atoms with Gasteiger partial charge in [0.05, 0.1) is 15.6 Å². The van der Waals surface area contributed by atoms with E-state index in [0.717, 1.165) is 0 Å². The second kappa shape index (κ2) is 8.33. The lowest BCUT2D eigenvalue weighted by Crippen LogP contribution is -2.50. The number of benzene rings is 1. The van der Waals surface area contributed by atoms with Crippen LogP contribution in [0.5, 0.6) is 0 Å². The van der Waals surface area contributed by atoms with Crippen LogP contribution in [-0.2, 0) is 9.53 Å². The summed E-state index contributed by atoms with van der Waals surface area (Å²) in [6.07, 6.45) is 3.36. The molecule has 0 atom stereocenters. The monoisotopic (exact) mass is 394 g/mol. The third-order valence-corrected chi connectivity index (χ3v) is 4.78. The van der Waals surface area contributed by atoms with Gasteiger partial charge in [0, 0.05) is 38.6 Å². The molecular formula is C17H16Cl2N4O3. The highest BCUT2D eigenvalue weighted by Gasteiger charge is 2.24. The van der Waals surface area contributed by atoms with E-state index >= 15 is 0 Å². The molecule has 1 amide bonds. The number of aromatic nitrogens is 2. The number of amides is 1. The number of piperazine rings is 1. The summed E-state index contributed by atoms with van der Waals surface area (Å²) in [6, 6.07) is 6.42. The molecule has 1 saturated heterocycles. The molecule has 2 heterocycles. The summed E-state index contributed by atoms with van der Waals surface area (Å²) in [7, 11) is 0. The topological polar surface area (TPSA) is 75.6 Å². The first-order valence-electron chi connectivity index (χ1n) is 7.97. The Bertz CT molecular complexity index is 796. The van der Waals surface area contributed by atoms with Gasteiger partial charge >= 0.3 is 5.97 Å². The normalized spacial score (nSPS) is 14.2. The highest BCUT2D eigenvalue weighted by atomic mass is 35.5. The fraction of sp³-hybridized carbons (Fsp3) is 0.294. The minimum atomic E-state index is -0.679. The minimum absolute atomic E-state index is 0.114. The van der Waals surface area contributed by atoms with Crippen molar-refractivity contribution >= 4 is 41.0 Å². The van der Waals surface area contributed by atoms with E-state index in [4.69, 9.17) is 27.9 Å². The van der Waals surface area contributed by atoms with Crippen LogP contribution in [0, 0.1) is 0 Å². The molecule has 1 aliphatic rings. The first kappa shape index (κ1) is 18.4. The van der Waals surface area contributed by atoms with E-state index in [1.807, 2.05) is 4.90 Å². The number of rotatable bonds is 4.